The summed E-state index contributed by atoms with van der Waals surface area (Å²) in [6, 6.07) is 0.411. The maximum Gasteiger partial charge on any atom is 0.410 e. The number of amides is 1. The fourth-order valence-electron chi connectivity index (χ4n) is 2.62. The summed E-state index contributed by atoms with van der Waals surface area (Å²) in [4.78, 5) is 18.6. The molecule has 2 heterocycles. The zero-order valence-electron chi connectivity index (χ0n) is 14.0. The highest BCUT2D eigenvalue weighted by Gasteiger charge is 2.30. The minimum Gasteiger partial charge on any atom is -0.444 e. The topological polar surface area (TPSA) is 54.5 Å². The molecule has 1 fully saturated rings. The molecule has 5 nitrogen and oxygen atoms in total. The second kappa shape index (κ2) is 7.42. The largest absolute Gasteiger partial charge is 0.444 e. The summed E-state index contributed by atoms with van der Waals surface area (Å²) in [5, 5.41) is 6.57. The molecule has 1 aliphatic rings. The molecule has 0 saturated carbocycles. The second-order valence-electron chi connectivity index (χ2n) is 6.82. The lowest BCUT2D eigenvalue weighted by molar-refractivity contribution is 0.00970. The first-order chi connectivity index (χ1) is 10.4. The molecule has 0 bridgehead atoms. The molecule has 0 spiro atoms. The van der Waals surface area contributed by atoms with Crippen molar-refractivity contribution in [2.75, 3.05) is 13.1 Å². The smallest absolute Gasteiger partial charge is 0.410 e. The lowest BCUT2D eigenvalue weighted by Crippen LogP contribution is -2.50. The van der Waals surface area contributed by atoms with Gasteiger partial charge in [0.25, 0.3) is 0 Å². The Bertz CT molecular complexity index is 470. The van der Waals surface area contributed by atoms with Crippen molar-refractivity contribution in [2.45, 2.75) is 64.6 Å². The lowest BCUT2D eigenvalue weighted by Gasteiger charge is -2.37. The number of aromatic nitrogens is 1. The molecule has 2 unspecified atom stereocenters. The van der Waals surface area contributed by atoms with Crippen LogP contribution in [0.1, 0.15) is 58.0 Å². The van der Waals surface area contributed by atoms with Gasteiger partial charge in [0.15, 0.2) is 0 Å². The van der Waals surface area contributed by atoms with Gasteiger partial charge < -0.3 is 15.0 Å². The molecule has 1 N–H and O–H groups in total. The highest BCUT2D eigenvalue weighted by molar-refractivity contribution is 7.09. The molecular weight excluding hydrogens is 298 g/mol. The van der Waals surface area contributed by atoms with Crippen LogP contribution in [-0.2, 0) is 4.74 Å². The van der Waals surface area contributed by atoms with Crippen molar-refractivity contribution in [3.05, 3.63) is 16.6 Å². The van der Waals surface area contributed by atoms with Crippen molar-refractivity contribution < 1.29 is 9.53 Å². The van der Waals surface area contributed by atoms with E-state index in [4.69, 9.17) is 4.74 Å². The predicted molar refractivity (Wildman–Crippen MR) is 89.1 cm³/mol. The molecule has 0 aromatic carbocycles. The van der Waals surface area contributed by atoms with E-state index in [2.05, 4.69) is 17.2 Å². The Morgan fingerprint density at radius 1 is 1.55 bits per heavy atom. The standard InChI is InChI=1S/C16H27N3O2S/c1-12(14-17-8-10-22-14)18-11-13-7-5-6-9-19(13)15(20)21-16(2,3)4/h8,10,12-13,18H,5-7,9,11H2,1-4H3. The zero-order valence-corrected chi connectivity index (χ0v) is 14.8. The lowest BCUT2D eigenvalue weighted by atomic mass is 10.0. The number of nitrogens with one attached hydrogen (secondary N) is 1. The van der Waals surface area contributed by atoms with Crippen LogP contribution in [0.25, 0.3) is 0 Å². The van der Waals surface area contributed by atoms with Crippen LogP contribution in [0.5, 0.6) is 0 Å². The number of rotatable bonds is 4. The Hall–Kier alpha value is -1.14. The van der Waals surface area contributed by atoms with E-state index in [1.165, 1.54) is 0 Å². The summed E-state index contributed by atoms with van der Waals surface area (Å²) in [5.74, 6) is 0. The summed E-state index contributed by atoms with van der Waals surface area (Å²) in [6.07, 6.45) is 4.87. The van der Waals surface area contributed by atoms with Crippen LogP contribution in [0.4, 0.5) is 4.79 Å². The van der Waals surface area contributed by atoms with Crippen molar-refractivity contribution in [3.8, 4) is 0 Å². The molecule has 0 aliphatic carbocycles. The van der Waals surface area contributed by atoms with Crippen molar-refractivity contribution in [1.82, 2.24) is 15.2 Å². The van der Waals surface area contributed by atoms with E-state index < -0.39 is 5.60 Å². The number of thiazole rings is 1. The van der Waals surface area contributed by atoms with E-state index in [-0.39, 0.29) is 18.2 Å². The summed E-state index contributed by atoms with van der Waals surface area (Å²) in [5.41, 5.74) is -0.444. The quantitative estimate of drug-likeness (QED) is 0.919. The van der Waals surface area contributed by atoms with Gasteiger partial charge in [-0.2, -0.15) is 0 Å². The Labute approximate surface area is 137 Å². The van der Waals surface area contributed by atoms with Gasteiger partial charge >= 0.3 is 6.09 Å². The van der Waals surface area contributed by atoms with Crippen molar-refractivity contribution in [3.63, 3.8) is 0 Å². The van der Waals surface area contributed by atoms with E-state index >= 15 is 0 Å². The predicted octanol–water partition coefficient (Wildman–Crippen LogP) is 3.58. The van der Waals surface area contributed by atoms with Crippen LogP contribution in [0.15, 0.2) is 11.6 Å². The third-order valence-corrected chi connectivity index (χ3v) is 4.69. The highest BCUT2D eigenvalue weighted by Crippen LogP contribution is 2.21. The monoisotopic (exact) mass is 325 g/mol. The molecule has 1 aromatic rings. The number of nitrogens with zero attached hydrogens (tertiary/aromatic N) is 2. The molecule has 1 aromatic heterocycles. The molecular formula is C16H27N3O2S. The van der Waals surface area contributed by atoms with Gasteiger partial charge in [0, 0.05) is 30.7 Å². The summed E-state index contributed by atoms with van der Waals surface area (Å²) in [7, 11) is 0. The number of piperidine rings is 1. The number of hydrogen-bond donors (Lipinski definition) is 1. The Balaban J connectivity index is 1.90. The van der Waals surface area contributed by atoms with Gasteiger partial charge in [-0.1, -0.05) is 0 Å². The average molecular weight is 325 g/mol. The van der Waals surface area contributed by atoms with Gasteiger partial charge in [0.05, 0.1) is 6.04 Å². The maximum absolute atomic E-state index is 12.4. The van der Waals surface area contributed by atoms with Gasteiger partial charge in [0.2, 0.25) is 0 Å². The van der Waals surface area contributed by atoms with E-state index in [0.717, 1.165) is 37.4 Å². The SMILES string of the molecule is CC(NCC1CCCCN1C(=O)OC(C)(C)C)c1nccs1. The van der Waals surface area contributed by atoms with Crippen LogP contribution >= 0.6 is 11.3 Å². The average Bonchev–Trinajstić information content (AvgIpc) is 2.97. The van der Waals surface area contributed by atoms with Crippen molar-refractivity contribution in [1.29, 1.82) is 0 Å². The van der Waals surface area contributed by atoms with Gasteiger partial charge in [-0.05, 0) is 47.0 Å². The Morgan fingerprint density at radius 3 is 2.95 bits per heavy atom. The van der Waals surface area contributed by atoms with E-state index in [1.54, 1.807) is 11.3 Å². The van der Waals surface area contributed by atoms with Crippen LogP contribution in [-0.4, -0.2) is 40.7 Å². The first-order valence-corrected chi connectivity index (χ1v) is 8.87. The first-order valence-electron chi connectivity index (χ1n) is 7.99. The third-order valence-electron chi connectivity index (χ3n) is 3.74. The molecule has 22 heavy (non-hydrogen) atoms. The van der Waals surface area contributed by atoms with Crippen LogP contribution < -0.4 is 5.32 Å². The number of hydrogen-bond acceptors (Lipinski definition) is 5. The normalized spacial score (nSPS) is 20.7. The highest BCUT2D eigenvalue weighted by atomic mass is 32.1. The number of likely N-dealkylation sites (tertiary alicyclic amines) is 1. The first kappa shape index (κ1) is 17.2. The van der Waals surface area contributed by atoms with E-state index in [0.29, 0.717) is 0 Å². The fourth-order valence-corrected chi connectivity index (χ4v) is 3.29. The van der Waals surface area contributed by atoms with Gasteiger partial charge in [-0.25, -0.2) is 9.78 Å². The zero-order chi connectivity index (χ0) is 16.2. The summed E-state index contributed by atoms with van der Waals surface area (Å²) in [6.45, 7) is 9.40. The molecule has 2 atom stereocenters. The van der Waals surface area contributed by atoms with Crippen molar-refractivity contribution in [2.24, 2.45) is 0 Å². The number of ether oxygens (including phenoxy) is 1. The second-order valence-corrected chi connectivity index (χ2v) is 7.75. The molecule has 1 aliphatic heterocycles. The number of carbonyl (C=O) groups excluding carboxylic acids is 1. The van der Waals surface area contributed by atoms with Crippen molar-refractivity contribution >= 4 is 17.4 Å². The fraction of sp³-hybridized carbons (Fsp3) is 0.750. The van der Waals surface area contributed by atoms with Gasteiger partial charge in [-0.15, -0.1) is 11.3 Å². The Kier molecular flexibility index (Phi) is 5.81. The minimum atomic E-state index is -0.444. The summed E-state index contributed by atoms with van der Waals surface area (Å²) >= 11 is 1.65. The molecule has 6 heteroatoms. The van der Waals surface area contributed by atoms with Gasteiger partial charge in [-0.3, -0.25) is 0 Å². The molecule has 1 saturated heterocycles. The van der Waals surface area contributed by atoms with E-state index in [9.17, 15) is 4.79 Å². The van der Waals surface area contributed by atoms with E-state index in [1.807, 2.05) is 37.2 Å². The van der Waals surface area contributed by atoms with Crippen LogP contribution in [0, 0.1) is 0 Å². The third kappa shape index (κ3) is 4.95. The Morgan fingerprint density at radius 2 is 2.32 bits per heavy atom. The maximum atomic E-state index is 12.4. The van der Waals surface area contributed by atoms with Gasteiger partial charge in [0.1, 0.15) is 10.6 Å². The molecule has 0 radical (unpaired) electrons. The minimum absolute atomic E-state index is 0.194. The summed E-state index contributed by atoms with van der Waals surface area (Å²) < 4.78 is 5.54. The number of carbonyl (C=O) groups is 1. The molecule has 2 rings (SSSR count). The molecule has 1 amide bonds. The van der Waals surface area contributed by atoms with Crippen LogP contribution in [0.2, 0.25) is 0 Å². The van der Waals surface area contributed by atoms with Crippen LogP contribution in [0.3, 0.4) is 0 Å². The molecule has 124 valence electrons.